The Balaban J connectivity index is 1.39. The molecule has 3 aromatic rings. The van der Waals surface area contributed by atoms with Crippen molar-refractivity contribution in [2.75, 3.05) is 0 Å². The number of benzene rings is 3. The minimum absolute atomic E-state index is 0.0464. The van der Waals surface area contributed by atoms with Crippen molar-refractivity contribution in [3.63, 3.8) is 0 Å². The third-order valence-electron chi connectivity index (χ3n) is 6.04. The van der Waals surface area contributed by atoms with Crippen LogP contribution in [0, 0.1) is 11.3 Å². The summed E-state index contributed by atoms with van der Waals surface area (Å²) in [7, 11) is 0. The van der Waals surface area contributed by atoms with E-state index >= 15 is 0 Å². The summed E-state index contributed by atoms with van der Waals surface area (Å²) in [6.45, 7) is 0. The molecule has 0 bridgehead atoms. The van der Waals surface area contributed by atoms with Crippen LogP contribution in [0.4, 0.5) is 0 Å². The smallest absolute Gasteiger partial charge is 0.251 e. The van der Waals surface area contributed by atoms with Crippen molar-refractivity contribution >= 4 is 5.91 Å². The highest BCUT2D eigenvalue weighted by Crippen LogP contribution is 2.40. The molecule has 1 aliphatic carbocycles. The molecule has 0 radical (unpaired) electrons. The zero-order chi connectivity index (χ0) is 21.0. The zero-order valence-corrected chi connectivity index (χ0v) is 16.7. The Morgan fingerprint density at radius 3 is 2.23 bits per heavy atom. The van der Waals surface area contributed by atoms with Gasteiger partial charge in [-0.1, -0.05) is 54.6 Å². The van der Waals surface area contributed by atoms with E-state index in [4.69, 9.17) is 0 Å². The second-order valence-corrected chi connectivity index (χ2v) is 7.94. The van der Waals surface area contributed by atoms with E-state index in [0.29, 0.717) is 18.4 Å². The van der Waals surface area contributed by atoms with Gasteiger partial charge in [-0.3, -0.25) is 4.79 Å². The van der Waals surface area contributed by atoms with Gasteiger partial charge in [0.1, 0.15) is 5.75 Å². The summed E-state index contributed by atoms with van der Waals surface area (Å²) in [5.41, 5.74) is 3.09. The van der Waals surface area contributed by atoms with Crippen molar-refractivity contribution in [1.29, 1.82) is 5.26 Å². The molecule has 1 saturated carbocycles. The van der Waals surface area contributed by atoms with E-state index < -0.39 is 5.41 Å². The Kier molecular flexibility index (Phi) is 5.54. The van der Waals surface area contributed by atoms with Crippen molar-refractivity contribution in [2.24, 2.45) is 0 Å². The normalized spacial score (nSPS) is 20.8. The average molecular weight is 396 g/mol. The van der Waals surface area contributed by atoms with Crippen molar-refractivity contribution in [3.05, 3.63) is 90.0 Å². The first-order valence-corrected chi connectivity index (χ1v) is 10.3. The van der Waals surface area contributed by atoms with Gasteiger partial charge in [0.2, 0.25) is 0 Å². The lowest BCUT2D eigenvalue weighted by molar-refractivity contribution is 0.0922. The molecule has 2 N–H and O–H groups in total. The number of nitriles is 1. The number of nitrogens with zero attached hydrogens (tertiary/aromatic N) is 1. The SMILES string of the molecule is N#C[C@]1(c2cccc(O)c2)CC[C@H](NC(=O)c2ccc(-c3ccccc3)cc2)CC1. The lowest BCUT2D eigenvalue weighted by Gasteiger charge is -2.35. The number of amides is 1. The number of carbonyl (C=O) groups excluding carboxylic acids is 1. The van der Waals surface area contributed by atoms with Crippen LogP contribution in [0.5, 0.6) is 5.75 Å². The number of carbonyl (C=O) groups is 1. The van der Waals surface area contributed by atoms with Crippen molar-refractivity contribution in [3.8, 4) is 22.9 Å². The minimum Gasteiger partial charge on any atom is -0.508 e. The summed E-state index contributed by atoms with van der Waals surface area (Å²) >= 11 is 0. The first-order valence-electron chi connectivity index (χ1n) is 10.3. The van der Waals surface area contributed by atoms with E-state index in [1.165, 1.54) is 0 Å². The number of hydrogen-bond donors (Lipinski definition) is 2. The minimum atomic E-state index is -0.600. The molecular formula is C26H24N2O2. The van der Waals surface area contributed by atoms with Crippen LogP contribution in [0.1, 0.15) is 41.6 Å². The summed E-state index contributed by atoms with van der Waals surface area (Å²) < 4.78 is 0. The predicted molar refractivity (Wildman–Crippen MR) is 117 cm³/mol. The average Bonchev–Trinajstić information content (AvgIpc) is 2.80. The Bertz CT molecular complexity index is 1060. The number of nitrogens with one attached hydrogen (secondary N) is 1. The Morgan fingerprint density at radius 2 is 1.60 bits per heavy atom. The summed E-state index contributed by atoms with van der Waals surface area (Å²) in [6.07, 6.45) is 2.78. The molecule has 0 heterocycles. The standard InChI is InChI=1S/C26H24N2O2/c27-18-26(22-7-4-8-24(29)17-22)15-13-23(14-16-26)28-25(30)21-11-9-20(10-12-21)19-5-2-1-3-6-19/h1-12,17,23,29H,13-16H2,(H,28,30)/t23-,26-. The van der Waals surface area contributed by atoms with E-state index in [1.807, 2.05) is 60.7 Å². The number of hydrogen-bond acceptors (Lipinski definition) is 3. The highest BCUT2D eigenvalue weighted by Gasteiger charge is 2.37. The molecule has 0 aromatic heterocycles. The van der Waals surface area contributed by atoms with Gasteiger partial charge >= 0.3 is 0 Å². The van der Waals surface area contributed by atoms with E-state index in [1.54, 1.807) is 18.2 Å². The molecular weight excluding hydrogens is 372 g/mol. The molecule has 0 saturated heterocycles. The second kappa shape index (κ2) is 8.42. The van der Waals surface area contributed by atoms with Crippen LogP contribution in [-0.4, -0.2) is 17.1 Å². The molecule has 4 rings (SSSR count). The number of aromatic hydroxyl groups is 1. The molecule has 4 nitrogen and oxygen atoms in total. The van der Waals surface area contributed by atoms with Crippen LogP contribution in [0.2, 0.25) is 0 Å². The predicted octanol–water partition coefficient (Wildman–Crippen LogP) is 5.19. The lowest BCUT2D eigenvalue weighted by Crippen LogP contribution is -2.41. The highest BCUT2D eigenvalue weighted by molar-refractivity contribution is 5.94. The zero-order valence-electron chi connectivity index (χ0n) is 16.7. The summed E-state index contributed by atoms with van der Waals surface area (Å²) in [6, 6.07) is 27.2. The molecule has 0 aliphatic heterocycles. The van der Waals surface area contributed by atoms with Crippen LogP contribution in [0.25, 0.3) is 11.1 Å². The van der Waals surface area contributed by atoms with Gasteiger partial charge in [-0.2, -0.15) is 5.26 Å². The Hall–Kier alpha value is -3.58. The molecule has 1 fully saturated rings. The number of rotatable bonds is 4. The number of phenolic OH excluding ortho intramolecular Hbond substituents is 1. The van der Waals surface area contributed by atoms with E-state index in [9.17, 15) is 15.2 Å². The van der Waals surface area contributed by atoms with Gasteiger partial charge in [0.25, 0.3) is 5.91 Å². The van der Waals surface area contributed by atoms with Gasteiger partial charge in [-0.25, -0.2) is 0 Å². The molecule has 4 heteroatoms. The quantitative estimate of drug-likeness (QED) is 0.637. The molecule has 0 atom stereocenters. The maximum Gasteiger partial charge on any atom is 0.251 e. The van der Waals surface area contributed by atoms with E-state index in [0.717, 1.165) is 29.5 Å². The fourth-order valence-corrected chi connectivity index (χ4v) is 4.24. The summed E-state index contributed by atoms with van der Waals surface area (Å²) in [5, 5.41) is 22.7. The molecule has 0 unspecified atom stereocenters. The lowest BCUT2D eigenvalue weighted by atomic mass is 9.69. The van der Waals surface area contributed by atoms with Crippen molar-refractivity contribution in [2.45, 2.75) is 37.1 Å². The van der Waals surface area contributed by atoms with Gasteiger partial charge in [0.15, 0.2) is 0 Å². The maximum absolute atomic E-state index is 12.7. The maximum atomic E-state index is 12.7. The van der Waals surface area contributed by atoms with Gasteiger partial charge in [0, 0.05) is 11.6 Å². The third kappa shape index (κ3) is 4.06. The highest BCUT2D eigenvalue weighted by atomic mass is 16.3. The molecule has 1 amide bonds. The molecule has 150 valence electrons. The largest absolute Gasteiger partial charge is 0.508 e. The topological polar surface area (TPSA) is 73.1 Å². The first-order chi connectivity index (χ1) is 14.6. The number of phenols is 1. The van der Waals surface area contributed by atoms with E-state index in [2.05, 4.69) is 11.4 Å². The fraction of sp³-hybridized carbons (Fsp3) is 0.231. The van der Waals surface area contributed by atoms with Crippen LogP contribution in [-0.2, 0) is 5.41 Å². The molecule has 1 aliphatic rings. The van der Waals surface area contributed by atoms with Gasteiger partial charge in [0.05, 0.1) is 11.5 Å². The summed E-state index contributed by atoms with van der Waals surface area (Å²) in [4.78, 5) is 12.7. The summed E-state index contributed by atoms with van der Waals surface area (Å²) in [5.74, 6) is 0.0953. The van der Waals surface area contributed by atoms with Crippen molar-refractivity contribution in [1.82, 2.24) is 5.32 Å². The van der Waals surface area contributed by atoms with Crippen LogP contribution < -0.4 is 5.32 Å². The van der Waals surface area contributed by atoms with Crippen LogP contribution in [0.3, 0.4) is 0 Å². The molecule has 30 heavy (non-hydrogen) atoms. The van der Waals surface area contributed by atoms with E-state index in [-0.39, 0.29) is 17.7 Å². The Labute approximate surface area is 176 Å². The monoisotopic (exact) mass is 396 g/mol. The third-order valence-corrected chi connectivity index (χ3v) is 6.04. The van der Waals surface area contributed by atoms with Crippen LogP contribution >= 0.6 is 0 Å². The van der Waals surface area contributed by atoms with Crippen LogP contribution in [0.15, 0.2) is 78.9 Å². The fourth-order valence-electron chi connectivity index (χ4n) is 4.24. The second-order valence-electron chi connectivity index (χ2n) is 7.94. The van der Waals surface area contributed by atoms with Gasteiger partial charge in [-0.05, 0) is 66.6 Å². The van der Waals surface area contributed by atoms with Gasteiger partial charge < -0.3 is 10.4 Å². The van der Waals surface area contributed by atoms with Gasteiger partial charge in [-0.15, -0.1) is 0 Å². The molecule has 3 aromatic carbocycles. The Morgan fingerprint density at radius 1 is 0.933 bits per heavy atom. The van der Waals surface area contributed by atoms with Crippen molar-refractivity contribution < 1.29 is 9.90 Å². The molecule has 0 spiro atoms. The first kappa shape index (κ1) is 19.7.